The molecule has 1 saturated heterocycles. The van der Waals surface area contributed by atoms with Crippen LogP contribution in [0.2, 0.25) is 0 Å². The molecule has 1 aliphatic heterocycles. The Morgan fingerprint density at radius 3 is 2.77 bits per heavy atom. The number of likely N-dealkylation sites (tertiary alicyclic amines) is 1. The maximum absolute atomic E-state index is 5.77. The first-order chi connectivity index (χ1) is 10.8. The summed E-state index contributed by atoms with van der Waals surface area (Å²) < 4.78 is 5.27. The SMILES string of the molecule is COc1ccc(C2CCCCCN2Cc2cnc(N)s2)cc1. The molecule has 1 unspecified atom stereocenters. The van der Waals surface area contributed by atoms with Crippen molar-refractivity contribution in [3.8, 4) is 5.75 Å². The minimum absolute atomic E-state index is 0.469. The second kappa shape index (κ2) is 7.11. The minimum atomic E-state index is 0.469. The van der Waals surface area contributed by atoms with E-state index in [1.54, 1.807) is 18.4 Å². The predicted molar refractivity (Wildman–Crippen MR) is 91.1 cm³/mol. The van der Waals surface area contributed by atoms with Gasteiger partial charge in [0.2, 0.25) is 0 Å². The zero-order valence-corrected chi connectivity index (χ0v) is 13.8. The Bertz CT molecular complexity index is 596. The van der Waals surface area contributed by atoms with Crippen LogP contribution >= 0.6 is 11.3 Å². The van der Waals surface area contributed by atoms with Crippen molar-refractivity contribution in [1.29, 1.82) is 0 Å². The van der Waals surface area contributed by atoms with E-state index in [2.05, 4.69) is 34.1 Å². The highest BCUT2D eigenvalue weighted by molar-refractivity contribution is 7.15. The van der Waals surface area contributed by atoms with Gasteiger partial charge in [-0.3, -0.25) is 4.90 Å². The molecule has 0 spiro atoms. The topological polar surface area (TPSA) is 51.4 Å². The molecule has 3 rings (SSSR count). The molecule has 1 atom stereocenters. The van der Waals surface area contributed by atoms with Gasteiger partial charge in [-0.1, -0.05) is 25.0 Å². The molecule has 118 valence electrons. The number of methoxy groups -OCH3 is 1. The first-order valence-electron chi connectivity index (χ1n) is 7.84. The molecular formula is C17H23N3OS. The van der Waals surface area contributed by atoms with Crippen LogP contribution in [0, 0.1) is 0 Å². The maximum atomic E-state index is 5.77. The lowest BCUT2D eigenvalue weighted by Gasteiger charge is -2.30. The number of benzene rings is 1. The van der Waals surface area contributed by atoms with E-state index >= 15 is 0 Å². The zero-order valence-electron chi connectivity index (χ0n) is 13.0. The quantitative estimate of drug-likeness (QED) is 0.930. The van der Waals surface area contributed by atoms with Gasteiger partial charge in [-0.05, 0) is 37.1 Å². The third-order valence-electron chi connectivity index (χ3n) is 4.29. The van der Waals surface area contributed by atoms with E-state index in [0.717, 1.165) is 18.8 Å². The summed E-state index contributed by atoms with van der Waals surface area (Å²) in [4.78, 5) is 8.00. The molecule has 0 radical (unpaired) electrons. The van der Waals surface area contributed by atoms with Crippen LogP contribution in [-0.4, -0.2) is 23.5 Å². The molecule has 0 saturated carbocycles. The Hall–Kier alpha value is -1.59. The standard InChI is InChI=1S/C17H23N3OS/c1-21-14-8-6-13(7-9-14)16-5-3-2-4-10-20(16)12-15-11-19-17(18)22-15/h6-9,11,16H,2-5,10,12H2,1H3,(H2,18,19). The van der Waals surface area contributed by atoms with Gasteiger partial charge in [0.25, 0.3) is 0 Å². The summed E-state index contributed by atoms with van der Waals surface area (Å²) in [5.74, 6) is 0.916. The van der Waals surface area contributed by atoms with E-state index in [4.69, 9.17) is 10.5 Å². The Morgan fingerprint density at radius 1 is 1.27 bits per heavy atom. The molecule has 2 heterocycles. The van der Waals surface area contributed by atoms with E-state index in [1.165, 1.54) is 36.1 Å². The lowest BCUT2D eigenvalue weighted by molar-refractivity contribution is 0.194. The van der Waals surface area contributed by atoms with Crippen LogP contribution in [0.15, 0.2) is 30.5 Å². The molecule has 4 nitrogen and oxygen atoms in total. The fourth-order valence-corrected chi connectivity index (χ4v) is 3.87. The zero-order chi connectivity index (χ0) is 15.4. The van der Waals surface area contributed by atoms with Gasteiger partial charge in [-0.15, -0.1) is 11.3 Å². The first-order valence-corrected chi connectivity index (χ1v) is 8.66. The summed E-state index contributed by atoms with van der Waals surface area (Å²) in [6, 6.07) is 8.98. The highest BCUT2D eigenvalue weighted by Gasteiger charge is 2.23. The van der Waals surface area contributed by atoms with E-state index in [-0.39, 0.29) is 0 Å². The van der Waals surface area contributed by atoms with Crippen LogP contribution in [0.4, 0.5) is 5.13 Å². The van der Waals surface area contributed by atoms with E-state index < -0.39 is 0 Å². The number of rotatable bonds is 4. The summed E-state index contributed by atoms with van der Waals surface area (Å²) >= 11 is 1.60. The fraction of sp³-hybridized carbons (Fsp3) is 0.471. The lowest BCUT2D eigenvalue weighted by atomic mass is 10.0. The first kappa shape index (κ1) is 15.3. The molecule has 1 aromatic heterocycles. The normalized spacial score (nSPS) is 19.8. The fourth-order valence-electron chi connectivity index (χ4n) is 3.16. The molecule has 0 aliphatic carbocycles. The molecule has 1 aromatic carbocycles. The molecule has 2 aromatic rings. The van der Waals surface area contributed by atoms with Crippen LogP contribution in [0.1, 0.15) is 42.2 Å². The highest BCUT2D eigenvalue weighted by atomic mass is 32.1. The molecule has 1 fully saturated rings. The van der Waals surface area contributed by atoms with Crippen molar-refractivity contribution in [2.45, 2.75) is 38.3 Å². The van der Waals surface area contributed by atoms with Gasteiger partial charge < -0.3 is 10.5 Å². The number of aromatic nitrogens is 1. The Morgan fingerprint density at radius 2 is 2.09 bits per heavy atom. The molecule has 0 amide bonds. The number of nitrogens with zero attached hydrogens (tertiary/aromatic N) is 2. The van der Waals surface area contributed by atoms with Crippen molar-refractivity contribution in [3.63, 3.8) is 0 Å². The van der Waals surface area contributed by atoms with Crippen LogP contribution in [-0.2, 0) is 6.54 Å². The average Bonchev–Trinajstić information content (AvgIpc) is 2.81. The van der Waals surface area contributed by atoms with Crippen molar-refractivity contribution < 1.29 is 4.74 Å². The molecule has 0 bridgehead atoms. The number of thiazole rings is 1. The van der Waals surface area contributed by atoms with Crippen LogP contribution in [0.25, 0.3) is 0 Å². The van der Waals surface area contributed by atoms with Crippen LogP contribution in [0.5, 0.6) is 5.75 Å². The summed E-state index contributed by atoms with van der Waals surface area (Å²) in [7, 11) is 1.71. The third-order valence-corrected chi connectivity index (χ3v) is 5.11. The van der Waals surface area contributed by atoms with Gasteiger partial charge in [0.15, 0.2) is 5.13 Å². The van der Waals surface area contributed by atoms with Crippen molar-refractivity contribution in [2.75, 3.05) is 19.4 Å². The largest absolute Gasteiger partial charge is 0.497 e. The van der Waals surface area contributed by atoms with Gasteiger partial charge >= 0.3 is 0 Å². The number of hydrogen-bond acceptors (Lipinski definition) is 5. The Labute approximate surface area is 135 Å². The summed E-state index contributed by atoms with van der Waals surface area (Å²) in [6.45, 7) is 2.07. The highest BCUT2D eigenvalue weighted by Crippen LogP contribution is 2.33. The van der Waals surface area contributed by atoms with E-state index in [1.807, 2.05) is 6.20 Å². The van der Waals surface area contributed by atoms with Crippen molar-refractivity contribution in [1.82, 2.24) is 9.88 Å². The van der Waals surface area contributed by atoms with E-state index in [0.29, 0.717) is 11.2 Å². The van der Waals surface area contributed by atoms with Crippen molar-refractivity contribution in [2.24, 2.45) is 0 Å². The Balaban J connectivity index is 1.80. The third kappa shape index (κ3) is 3.59. The molecule has 1 aliphatic rings. The molecule has 22 heavy (non-hydrogen) atoms. The lowest BCUT2D eigenvalue weighted by Crippen LogP contribution is -2.27. The van der Waals surface area contributed by atoms with E-state index in [9.17, 15) is 0 Å². The molecule has 5 heteroatoms. The number of nitrogen functional groups attached to an aromatic ring is 1. The van der Waals surface area contributed by atoms with Crippen molar-refractivity contribution in [3.05, 3.63) is 40.9 Å². The van der Waals surface area contributed by atoms with Crippen molar-refractivity contribution >= 4 is 16.5 Å². The van der Waals surface area contributed by atoms with Gasteiger partial charge in [0.05, 0.1) is 7.11 Å². The average molecular weight is 317 g/mol. The second-order valence-electron chi connectivity index (χ2n) is 5.77. The smallest absolute Gasteiger partial charge is 0.180 e. The van der Waals surface area contributed by atoms with Crippen LogP contribution < -0.4 is 10.5 Å². The monoisotopic (exact) mass is 317 g/mol. The number of ether oxygens (including phenoxy) is 1. The summed E-state index contributed by atoms with van der Waals surface area (Å²) in [5.41, 5.74) is 7.14. The predicted octanol–water partition coefficient (Wildman–Crippen LogP) is 3.85. The van der Waals surface area contributed by atoms with Gasteiger partial charge in [0.1, 0.15) is 5.75 Å². The summed E-state index contributed by atoms with van der Waals surface area (Å²) in [6.07, 6.45) is 6.99. The maximum Gasteiger partial charge on any atom is 0.180 e. The van der Waals surface area contributed by atoms with Gasteiger partial charge in [-0.2, -0.15) is 0 Å². The summed E-state index contributed by atoms with van der Waals surface area (Å²) in [5, 5.41) is 0.658. The van der Waals surface area contributed by atoms with Crippen LogP contribution in [0.3, 0.4) is 0 Å². The van der Waals surface area contributed by atoms with Gasteiger partial charge in [-0.25, -0.2) is 4.98 Å². The molecular weight excluding hydrogens is 294 g/mol. The Kier molecular flexibility index (Phi) is 4.95. The van der Waals surface area contributed by atoms with Gasteiger partial charge in [0, 0.05) is 23.7 Å². The second-order valence-corrected chi connectivity index (χ2v) is 6.92. The number of nitrogens with two attached hydrogens (primary N) is 1. The molecule has 2 N–H and O–H groups in total. The number of hydrogen-bond donors (Lipinski definition) is 1. The minimum Gasteiger partial charge on any atom is -0.497 e. The number of anilines is 1.